The standard InChI is InChI=1S/C14H26N2OS/c1-11(2)6-8-18-10-14(17)16-12-3-4-13(16)9-15-7-5-12/h11-13,15H,3-10H2,1-2H3. The fraction of sp³-hybridized carbons (Fsp3) is 0.929. The number of nitrogens with one attached hydrogen (secondary N) is 1. The summed E-state index contributed by atoms with van der Waals surface area (Å²) in [5, 5.41) is 3.45. The number of fused-ring (bicyclic) bond motifs is 2. The number of rotatable bonds is 5. The minimum absolute atomic E-state index is 0.375. The molecule has 0 spiro atoms. The van der Waals surface area contributed by atoms with Crippen molar-refractivity contribution in [1.82, 2.24) is 10.2 Å². The summed E-state index contributed by atoms with van der Waals surface area (Å²) in [6.45, 7) is 6.55. The van der Waals surface area contributed by atoms with Gasteiger partial charge < -0.3 is 10.2 Å². The second kappa shape index (κ2) is 6.80. The van der Waals surface area contributed by atoms with Crippen molar-refractivity contribution in [2.75, 3.05) is 24.6 Å². The van der Waals surface area contributed by atoms with Gasteiger partial charge in [-0.15, -0.1) is 0 Å². The van der Waals surface area contributed by atoms with Gasteiger partial charge in [0.2, 0.25) is 5.91 Å². The van der Waals surface area contributed by atoms with Crippen molar-refractivity contribution in [3.8, 4) is 0 Å². The van der Waals surface area contributed by atoms with E-state index in [-0.39, 0.29) is 0 Å². The van der Waals surface area contributed by atoms with Gasteiger partial charge in [-0.1, -0.05) is 13.8 Å². The van der Waals surface area contributed by atoms with Crippen LogP contribution >= 0.6 is 11.8 Å². The van der Waals surface area contributed by atoms with E-state index in [2.05, 4.69) is 24.1 Å². The van der Waals surface area contributed by atoms with E-state index < -0.39 is 0 Å². The summed E-state index contributed by atoms with van der Waals surface area (Å²) < 4.78 is 0. The van der Waals surface area contributed by atoms with E-state index in [1.54, 1.807) is 0 Å². The van der Waals surface area contributed by atoms with Gasteiger partial charge in [0.1, 0.15) is 0 Å². The Kier molecular flexibility index (Phi) is 5.37. The third-order valence-electron chi connectivity index (χ3n) is 4.01. The quantitative estimate of drug-likeness (QED) is 0.777. The largest absolute Gasteiger partial charge is 0.335 e. The number of hydrogen-bond donors (Lipinski definition) is 1. The third-order valence-corrected chi connectivity index (χ3v) is 4.98. The first kappa shape index (κ1) is 14.2. The molecule has 2 bridgehead atoms. The van der Waals surface area contributed by atoms with Gasteiger partial charge in [-0.25, -0.2) is 0 Å². The first-order valence-electron chi connectivity index (χ1n) is 7.28. The van der Waals surface area contributed by atoms with Crippen molar-refractivity contribution in [1.29, 1.82) is 0 Å². The number of amides is 1. The number of carbonyl (C=O) groups excluding carboxylic acids is 1. The molecule has 2 unspecified atom stereocenters. The smallest absolute Gasteiger partial charge is 0.233 e. The molecule has 0 aromatic rings. The zero-order valence-electron chi connectivity index (χ0n) is 11.7. The third kappa shape index (κ3) is 3.64. The monoisotopic (exact) mass is 270 g/mol. The summed E-state index contributed by atoms with van der Waals surface area (Å²) in [7, 11) is 0. The molecular formula is C14H26N2OS. The lowest BCUT2D eigenvalue weighted by Gasteiger charge is -2.27. The Hall–Kier alpha value is -0.220. The molecule has 2 rings (SSSR count). The van der Waals surface area contributed by atoms with Gasteiger partial charge in [0.05, 0.1) is 5.75 Å². The molecule has 0 radical (unpaired) electrons. The van der Waals surface area contributed by atoms with Crippen molar-refractivity contribution in [3.63, 3.8) is 0 Å². The van der Waals surface area contributed by atoms with Crippen LogP contribution in [0.15, 0.2) is 0 Å². The molecule has 0 aromatic carbocycles. The Balaban J connectivity index is 1.77. The van der Waals surface area contributed by atoms with E-state index >= 15 is 0 Å². The Morgan fingerprint density at radius 1 is 1.33 bits per heavy atom. The fourth-order valence-electron chi connectivity index (χ4n) is 2.94. The molecule has 2 aliphatic rings. The zero-order valence-corrected chi connectivity index (χ0v) is 12.5. The molecule has 2 fully saturated rings. The van der Waals surface area contributed by atoms with E-state index in [0.717, 1.165) is 31.2 Å². The highest BCUT2D eigenvalue weighted by molar-refractivity contribution is 7.99. The highest BCUT2D eigenvalue weighted by atomic mass is 32.2. The fourth-order valence-corrected chi connectivity index (χ4v) is 4.05. The van der Waals surface area contributed by atoms with Gasteiger partial charge in [0, 0.05) is 18.6 Å². The van der Waals surface area contributed by atoms with Crippen LogP contribution in [-0.4, -0.2) is 47.5 Å². The van der Waals surface area contributed by atoms with E-state index in [4.69, 9.17) is 0 Å². The maximum atomic E-state index is 12.3. The molecule has 1 amide bonds. The molecule has 1 N–H and O–H groups in total. The maximum absolute atomic E-state index is 12.3. The molecule has 0 aliphatic carbocycles. The van der Waals surface area contributed by atoms with Crippen molar-refractivity contribution in [3.05, 3.63) is 0 Å². The van der Waals surface area contributed by atoms with Crippen LogP contribution < -0.4 is 5.32 Å². The van der Waals surface area contributed by atoms with Crippen LogP contribution in [0, 0.1) is 5.92 Å². The predicted octanol–water partition coefficient (Wildman–Crippen LogP) is 2.12. The minimum atomic E-state index is 0.375. The Morgan fingerprint density at radius 2 is 2.11 bits per heavy atom. The van der Waals surface area contributed by atoms with Crippen molar-refractivity contribution < 1.29 is 4.79 Å². The van der Waals surface area contributed by atoms with Gasteiger partial charge in [0.15, 0.2) is 0 Å². The van der Waals surface area contributed by atoms with Crippen molar-refractivity contribution >= 4 is 17.7 Å². The summed E-state index contributed by atoms with van der Waals surface area (Å²) in [5.41, 5.74) is 0. The van der Waals surface area contributed by atoms with Crippen LogP contribution in [-0.2, 0) is 4.79 Å². The molecule has 2 atom stereocenters. The molecule has 4 heteroatoms. The van der Waals surface area contributed by atoms with Crippen LogP contribution in [0.25, 0.3) is 0 Å². The summed E-state index contributed by atoms with van der Waals surface area (Å²) in [5.74, 6) is 2.91. The van der Waals surface area contributed by atoms with Crippen LogP contribution in [0.1, 0.15) is 39.5 Å². The Morgan fingerprint density at radius 3 is 2.89 bits per heavy atom. The van der Waals surface area contributed by atoms with E-state index in [9.17, 15) is 4.79 Å². The first-order valence-corrected chi connectivity index (χ1v) is 8.43. The average molecular weight is 270 g/mol. The lowest BCUT2D eigenvalue weighted by molar-refractivity contribution is -0.130. The van der Waals surface area contributed by atoms with Gasteiger partial charge in [-0.2, -0.15) is 11.8 Å². The van der Waals surface area contributed by atoms with Gasteiger partial charge >= 0.3 is 0 Å². The second-order valence-corrected chi connectivity index (χ2v) is 7.02. The van der Waals surface area contributed by atoms with Crippen LogP contribution in [0.3, 0.4) is 0 Å². The summed E-state index contributed by atoms with van der Waals surface area (Å²) in [4.78, 5) is 14.5. The molecule has 2 saturated heterocycles. The van der Waals surface area contributed by atoms with Gasteiger partial charge in [-0.3, -0.25) is 4.79 Å². The van der Waals surface area contributed by atoms with Crippen molar-refractivity contribution in [2.24, 2.45) is 5.92 Å². The van der Waals surface area contributed by atoms with Crippen LogP contribution in [0.5, 0.6) is 0 Å². The maximum Gasteiger partial charge on any atom is 0.233 e. The number of carbonyl (C=O) groups is 1. The molecular weight excluding hydrogens is 244 g/mol. The van der Waals surface area contributed by atoms with Crippen LogP contribution in [0.2, 0.25) is 0 Å². The molecule has 0 aromatic heterocycles. The Labute approximate surface area is 115 Å². The molecule has 3 nitrogen and oxygen atoms in total. The van der Waals surface area contributed by atoms with Gasteiger partial charge in [-0.05, 0) is 43.9 Å². The first-order chi connectivity index (χ1) is 8.68. The lowest BCUT2D eigenvalue weighted by Crippen LogP contribution is -2.43. The highest BCUT2D eigenvalue weighted by Gasteiger charge is 2.37. The molecule has 2 aliphatic heterocycles. The number of thioether (sulfide) groups is 1. The molecule has 104 valence electrons. The summed E-state index contributed by atoms with van der Waals surface area (Å²) in [6, 6.07) is 0.985. The summed E-state index contributed by atoms with van der Waals surface area (Å²) >= 11 is 1.81. The molecule has 2 heterocycles. The predicted molar refractivity (Wildman–Crippen MR) is 77.9 cm³/mol. The summed E-state index contributed by atoms with van der Waals surface area (Å²) in [6.07, 6.45) is 4.76. The SMILES string of the molecule is CC(C)CCSCC(=O)N1C2CCNCC1CC2. The van der Waals surface area contributed by atoms with Crippen molar-refractivity contribution in [2.45, 2.75) is 51.6 Å². The lowest BCUT2D eigenvalue weighted by atomic mass is 10.1. The topological polar surface area (TPSA) is 32.3 Å². The van der Waals surface area contributed by atoms with E-state index in [0.29, 0.717) is 23.7 Å². The second-order valence-electron chi connectivity index (χ2n) is 5.91. The Bertz CT molecular complexity index is 269. The zero-order chi connectivity index (χ0) is 13.0. The average Bonchev–Trinajstić information content (AvgIpc) is 2.58. The number of nitrogens with zero attached hydrogens (tertiary/aromatic N) is 1. The van der Waals surface area contributed by atoms with Crippen LogP contribution in [0.4, 0.5) is 0 Å². The molecule has 18 heavy (non-hydrogen) atoms. The van der Waals surface area contributed by atoms with E-state index in [1.807, 2.05) is 11.8 Å². The minimum Gasteiger partial charge on any atom is -0.335 e. The highest BCUT2D eigenvalue weighted by Crippen LogP contribution is 2.28. The normalized spacial score (nSPS) is 27.6. The van der Waals surface area contributed by atoms with E-state index in [1.165, 1.54) is 19.3 Å². The molecule has 0 saturated carbocycles. The van der Waals surface area contributed by atoms with Gasteiger partial charge in [0.25, 0.3) is 0 Å². The number of hydrogen-bond acceptors (Lipinski definition) is 3.